The van der Waals surface area contributed by atoms with Gasteiger partial charge in [0.2, 0.25) is 5.91 Å². The van der Waals surface area contributed by atoms with E-state index < -0.39 is 0 Å². The number of rotatable bonds is 4. The normalized spacial score (nSPS) is 18.3. The Labute approximate surface area is 168 Å². The lowest BCUT2D eigenvalue weighted by molar-refractivity contribution is -0.133. The van der Waals surface area contributed by atoms with E-state index in [4.69, 9.17) is 14.0 Å². The maximum atomic E-state index is 13.1. The van der Waals surface area contributed by atoms with Gasteiger partial charge in [0.15, 0.2) is 22.9 Å². The van der Waals surface area contributed by atoms with Gasteiger partial charge < -0.3 is 23.8 Å². The predicted octanol–water partition coefficient (Wildman–Crippen LogP) is 2.83. The van der Waals surface area contributed by atoms with E-state index in [2.05, 4.69) is 10.1 Å². The number of aromatic nitrogens is 1. The molecule has 29 heavy (non-hydrogen) atoms. The molecular weight excluding hydrogens is 370 g/mol. The van der Waals surface area contributed by atoms with Crippen molar-refractivity contribution in [3.05, 3.63) is 47.5 Å². The predicted molar refractivity (Wildman–Crippen MR) is 109 cm³/mol. The zero-order valence-corrected chi connectivity index (χ0v) is 16.6. The van der Waals surface area contributed by atoms with Crippen molar-refractivity contribution in [3.63, 3.8) is 0 Å². The quantitative estimate of drug-likeness (QED) is 0.679. The first-order chi connectivity index (χ1) is 14.2. The van der Waals surface area contributed by atoms with Crippen LogP contribution in [0.1, 0.15) is 17.0 Å². The molecule has 1 aromatic heterocycles. The van der Waals surface area contributed by atoms with Gasteiger partial charge in [-0.2, -0.15) is 0 Å². The fourth-order valence-corrected chi connectivity index (χ4v) is 4.32. The minimum absolute atomic E-state index is 0.0933. The van der Waals surface area contributed by atoms with Crippen LogP contribution in [0.4, 0.5) is 5.82 Å². The number of fused-ring (bicyclic) bond motifs is 2. The van der Waals surface area contributed by atoms with Crippen LogP contribution in [0.15, 0.2) is 40.9 Å². The zero-order chi connectivity index (χ0) is 20.0. The second kappa shape index (κ2) is 6.99. The topological polar surface area (TPSA) is 68.0 Å². The third-order valence-corrected chi connectivity index (χ3v) is 5.99. The fourth-order valence-electron chi connectivity index (χ4n) is 4.32. The van der Waals surface area contributed by atoms with Crippen LogP contribution in [0.3, 0.4) is 0 Å². The molecule has 7 nitrogen and oxygen atoms in total. The molecule has 1 atom stereocenters. The molecule has 5 rings (SSSR count). The number of benzene rings is 2. The number of piperazine rings is 1. The molecule has 0 radical (unpaired) electrons. The molecule has 1 fully saturated rings. The zero-order valence-electron chi connectivity index (χ0n) is 16.6. The van der Waals surface area contributed by atoms with Crippen molar-refractivity contribution < 1.29 is 18.8 Å². The van der Waals surface area contributed by atoms with Gasteiger partial charge in [0, 0.05) is 26.2 Å². The summed E-state index contributed by atoms with van der Waals surface area (Å²) in [6.07, 6.45) is 0.753. The van der Waals surface area contributed by atoms with Gasteiger partial charge in [0.05, 0.1) is 25.5 Å². The summed E-state index contributed by atoms with van der Waals surface area (Å²) < 4.78 is 16.2. The van der Waals surface area contributed by atoms with Crippen LogP contribution in [-0.4, -0.2) is 56.4 Å². The van der Waals surface area contributed by atoms with Gasteiger partial charge in [-0.25, -0.2) is 0 Å². The number of carbonyl (C=O) groups is 1. The summed E-state index contributed by atoms with van der Waals surface area (Å²) >= 11 is 0. The van der Waals surface area contributed by atoms with Crippen molar-refractivity contribution >= 4 is 22.7 Å². The Morgan fingerprint density at radius 3 is 2.55 bits per heavy atom. The molecule has 1 aliphatic heterocycles. The average molecular weight is 393 g/mol. The third kappa shape index (κ3) is 2.88. The monoisotopic (exact) mass is 393 g/mol. The third-order valence-electron chi connectivity index (χ3n) is 5.99. The van der Waals surface area contributed by atoms with Crippen LogP contribution >= 0.6 is 0 Å². The summed E-state index contributed by atoms with van der Waals surface area (Å²) in [7, 11) is 3.25. The number of para-hydroxylation sites is 1. The number of hydrogen-bond acceptors (Lipinski definition) is 6. The summed E-state index contributed by atoms with van der Waals surface area (Å²) in [6, 6.07) is 11.8. The number of hydrogen-bond donors (Lipinski definition) is 0. The molecule has 0 spiro atoms. The van der Waals surface area contributed by atoms with E-state index in [0.29, 0.717) is 24.6 Å². The summed E-state index contributed by atoms with van der Waals surface area (Å²) in [4.78, 5) is 17.3. The highest BCUT2D eigenvalue weighted by atomic mass is 16.5. The number of ether oxygens (including phenoxy) is 2. The summed E-state index contributed by atoms with van der Waals surface area (Å²) in [5.41, 5.74) is 3.00. The van der Waals surface area contributed by atoms with Gasteiger partial charge in [0.25, 0.3) is 0 Å². The van der Waals surface area contributed by atoms with E-state index in [0.717, 1.165) is 47.4 Å². The van der Waals surface area contributed by atoms with Crippen molar-refractivity contribution in [2.45, 2.75) is 12.3 Å². The molecule has 1 amide bonds. The van der Waals surface area contributed by atoms with Gasteiger partial charge in [-0.3, -0.25) is 4.79 Å². The molecule has 1 aliphatic carbocycles. The molecule has 0 bridgehead atoms. The van der Waals surface area contributed by atoms with E-state index in [1.165, 1.54) is 0 Å². The number of methoxy groups -OCH3 is 2. The van der Waals surface area contributed by atoms with Gasteiger partial charge >= 0.3 is 0 Å². The van der Waals surface area contributed by atoms with Crippen LogP contribution in [0, 0.1) is 0 Å². The van der Waals surface area contributed by atoms with Crippen molar-refractivity contribution in [2.24, 2.45) is 0 Å². The molecule has 2 aliphatic rings. The number of amides is 1. The maximum Gasteiger partial charge on any atom is 0.230 e. The molecule has 2 aromatic carbocycles. The Hall–Kier alpha value is -3.22. The van der Waals surface area contributed by atoms with E-state index in [-0.39, 0.29) is 11.8 Å². The minimum Gasteiger partial charge on any atom is -0.493 e. The standard InChI is InChI=1S/C22H23N3O4/c1-27-19-12-14-11-17(16(14)13-20(19)28-2)22(26)25-9-7-24(8-10-25)21-15-5-3-4-6-18(15)29-23-21/h3-6,12-13,17H,7-11H2,1-2H3/t17-/m1/s1. The Balaban J connectivity index is 1.28. The lowest BCUT2D eigenvalue weighted by Gasteiger charge is -2.39. The molecule has 0 N–H and O–H groups in total. The molecular formula is C22H23N3O4. The van der Waals surface area contributed by atoms with Crippen molar-refractivity contribution in [1.82, 2.24) is 10.1 Å². The fraction of sp³-hybridized carbons (Fsp3) is 0.364. The van der Waals surface area contributed by atoms with Crippen molar-refractivity contribution in [3.8, 4) is 11.5 Å². The second-order valence-electron chi connectivity index (χ2n) is 7.48. The highest BCUT2D eigenvalue weighted by Gasteiger charge is 2.37. The first-order valence-corrected chi connectivity index (χ1v) is 9.82. The van der Waals surface area contributed by atoms with Crippen LogP contribution < -0.4 is 14.4 Å². The number of carbonyl (C=O) groups excluding carboxylic acids is 1. The minimum atomic E-state index is -0.0933. The molecule has 0 saturated carbocycles. The Kier molecular flexibility index (Phi) is 4.30. The lowest BCUT2D eigenvalue weighted by atomic mass is 9.76. The summed E-state index contributed by atoms with van der Waals surface area (Å²) in [5, 5.41) is 5.25. The first-order valence-electron chi connectivity index (χ1n) is 9.82. The Bertz CT molecular complexity index is 1070. The van der Waals surface area contributed by atoms with Crippen LogP contribution in [0.5, 0.6) is 11.5 Å². The van der Waals surface area contributed by atoms with Crippen molar-refractivity contribution in [1.29, 1.82) is 0 Å². The smallest absolute Gasteiger partial charge is 0.230 e. The van der Waals surface area contributed by atoms with Gasteiger partial charge in [-0.1, -0.05) is 17.3 Å². The number of nitrogens with zero attached hydrogens (tertiary/aromatic N) is 3. The maximum absolute atomic E-state index is 13.1. The lowest BCUT2D eigenvalue weighted by Crippen LogP contribution is -2.51. The second-order valence-corrected chi connectivity index (χ2v) is 7.48. The van der Waals surface area contributed by atoms with E-state index in [9.17, 15) is 4.79 Å². The van der Waals surface area contributed by atoms with Crippen molar-refractivity contribution in [2.75, 3.05) is 45.3 Å². The Morgan fingerprint density at radius 1 is 1.07 bits per heavy atom. The SMILES string of the molecule is COc1cc2c(cc1OC)[C@H](C(=O)N1CCN(c3noc4ccccc34)CC1)C2. The molecule has 0 unspecified atom stereocenters. The summed E-state index contributed by atoms with van der Waals surface area (Å²) in [5.74, 6) is 2.34. The largest absolute Gasteiger partial charge is 0.493 e. The molecule has 150 valence electrons. The van der Waals surface area contributed by atoms with Gasteiger partial charge in [-0.15, -0.1) is 0 Å². The molecule has 2 heterocycles. The molecule has 7 heteroatoms. The van der Waals surface area contributed by atoms with Crippen LogP contribution in [0.25, 0.3) is 11.0 Å². The van der Waals surface area contributed by atoms with Crippen LogP contribution in [0.2, 0.25) is 0 Å². The van der Waals surface area contributed by atoms with Gasteiger partial charge in [0.1, 0.15) is 0 Å². The highest BCUT2D eigenvalue weighted by Crippen LogP contribution is 2.43. The highest BCUT2D eigenvalue weighted by molar-refractivity contribution is 5.89. The average Bonchev–Trinajstić information content (AvgIpc) is 3.18. The first kappa shape index (κ1) is 17.8. The summed E-state index contributed by atoms with van der Waals surface area (Å²) in [6.45, 7) is 2.85. The molecule has 3 aromatic rings. The van der Waals surface area contributed by atoms with E-state index in [1.54, 1.807) is 14.2 Å². The van der Waals surface area contributed by atoms with E-state index >= 15 is 0 Å². The molecule has 1 saturated heterocycles. The van der Waals surface area contributed by atoms with Crippen LogP contribution in [-0.2, 0) is 11.2 Å². The van der Waals surface area contributed by atoms with Gasteiger partial charge in [-0.05, 0) is 41.8 Å². The Morgan fingerprint density at radius 2 is 1.79 bits per heavy atom. The van der Waals surface area contributed by atoms with E-state index in [1.807, 2.05) is 41.3 Å². The number of anilines is 1.